The molecule has 1 saturated carbocycles. The van der Waals surface area contributed by atoms with Crippen LogP contribution in [0.2, 0.25) is 0 Å². The number of aromatic nitrogens is 2. The smallest absolute Gasteiger partial charge is 0.232 e. The van der Waals surface area contributed by atoms with Gasteiger partial charge in [0.1, 0.15) is 11.8 Å². The Morgan fingerprint density at radius 2 is 1.95 bits per heavy atom. The van der Waals surface area contributed by atoms with Gasteiger partial charge in [0.05, 0.1) is 12.4 Å². The van der Waals surface area contributed by atoms with Gasteiger partial charge in [-0.3, -0.25) is 0 Å². The molecule has 1 heterocycles. The minimum absolute atomic E-state index is 0.0565. The van der Waals surface area contributed by atoms with Crippen molar-refractivity contribution in [1.29, 1.82) is 0 Å². The van der Waals surface area contributed by atoms with E-state index in [1.54, 1.807) is 0 Å². The van der Waals surface area contributed by atoms with Crippen LogP contribution in [0.4, 0.5) is 0 Å². The van der Waals surface area contributed by atoms with Crippen LogP contribution in [-0.2, 0) is 0 Å². The quantitative estimate of drug-likeness (QED) is 0.375. The first kappa shape index (κ1) is 13.6. The van der Waals surface area contributed by atoms with E-state index in [1.807, 2.05) is 0 Å². The van der Waals surface area contributed by atoms with E-state index in [9.17, 15) is 0 Å². The van der Waals surface area contributed by atoms with E-state index in [1.165, 1.54) is 18.8 Å². The zero-order valence-corrected chi connectivity index (χ0v) is 11.3. The second-order valence-electron chi connectivity index (χ2n) is 5.38. The average Bonchev–Trinajstić information content (AvgIpc) is 2.37. The topological polar surface area (TPSA) is 93.6 Å². The van der Waals surface area contributed by atoms with E-state index in [4.69, 9.17) is 15.7 Å². The fraction of sp³-hybridized carbons (Fsp3) is 0.615. The minimum atomic E-state index is -0.0565. The molecule has 1 aromatic rings. The standard InChI is InChI=1S/C13H20N4O2/c1-8-3-9(2)5-10(4-8)19-12-7-15-11(6-16-12)13(14)17-18/h6-10,18H,3-5H2,1-2H3,(H2,14,17). The lowest BCUT2D eigenvalue weighted by molar-refractivity contribution is 0.0963. The molecule has 2 unspecified atom stereocenters. The van der Waals surface area contributed by atoms with Crippen LogP contribution in [0.25, 0.3) is 0 Å². The molecule has 1 fully saturated rings. The molecule has 104 valence electrons. The average molecular weight is 264 g/mol. The molecule has 0 amide bonds. The first-order valence-corrected chi connectivity index (χ1v) is 6.55. The van der Waals surface area contributed by atoms with Crippen molar-refractivity contribution < 1.29 is 9.94 Å². The van der Waals surface area contributed by atoms with Crippen LogP contribution in [0.5, 0.6) is 5.88 Å². The third-order valence-corrected chi connectivity index (χ3v) is 3.42. The van der Waals surface area contributed by atoms with Gasteiger partial charge in [-0.25, -0.2) is 9.97 Å². The molecular weight excluding hydrogens is 244 g/mol. The van der Waals surface area contributed by atoms with Gasteiger partial charge in [0.25, 0.3) is 0 Å². The number of rotatable bonds is 3. The predicted molar refractivity (Wildman–Crippen MR) is 71.1 cm³/mol. The fourth-order valence-electron chi connectivity index (χ4n) is 2.70. The van der Waals surface area contributed by atoms with Crippen molar-refractivity contribution in [2.75, 3.05) is 0 Å². The van der Waals surface area contributed by atoms with Gasteiger partial charge in [0.2, 0.25) is 5.88 Å². The van der Waals surface area contributed by atoms with Crippen LogP contribution in [0, 0.1) is 11.8 Å². The minimum Gasteiger partial charge on any atom is -0.473 e. The molecule has 0 aliphatic heterocycles. The summed E-state index contributed by atoms with van der Waals surface area (Å²) in [5, 5.41) is 11.4. The van der Waals surface area contributed by atoms with Crippen molar-refractivity contribution >= 4 is 5.84 Å². The van der Waals surface area contributed by atoms with Crippen LogP contribution in [0.1, 0.15) is 38.8 Å². The lowest BCUT2D eigenvalue weighted by Crippen LogP contribution is -2.28. The van der Waals surface area contributed by atoms with Gasteiger partial charge in [-0.15, -0.1) is 0 Å². The Bertz CT molecular complexity index is 436. The molecule has 6 nitrogen and oxygen atoms in total. The number of amidine groups is 1. The molecule has 3 N–H and O–H groups in total. The van der Waals surface area contributed by atoms with Gasteiger partial charge in [-0.1, -0.05) is 19.0 Å². The largest absolute Gasteiger partial charge is 0.473 e. The summed E-state index contributed by atoms with van der Waals surface area (Å²) in [6.07, 6.45) is 6.51. The number of ether oxygens (including phenoxy) is 1. The Kier molecular flexibility index (Phi) is 4.19. The van der Waals surface area contributed by atoms with Crippen molar-refractivity contribution in [3.8, 4) is 5.88 Å². The molecule has 0 bridgehead atoms. The van der Waals surface area contributed by atoms with E-state index < -0.39 is 0 Å². The molecule has 2 atom stereocenters. The first-order valence-electron chi connectivity index (χ1n) is 6.55. The number of nitrogens with zero attached hydrogens (tertiary/aromatic N) is 3. The van der Waals surface area contributed by atoms with Crippen molar-refractivity contribution in [1.82, 2.24) is 9.97 Å². The van der Waals surface area contributed by atoms with Crippen LogP contribution < -0.4 is 10.5 Å². The molecular formula is C13H20N4O2. The summed E-state index contributed by atoms with van der Waals surface area (Å²) >= 11 is 0. The number of hydrogen-bond donors (Lipinski definition) is 2. The highest BCUT2D eigenvalue weighted by molar-refractivity contribution is 5.94. The van der Waals surface area contributed by atoms with Gasteiger partial charge >= 0.3 is 0 Å². The summed E-state index contributed by atoms with van der Waals surface area (Å²) < 4.78 is 5.85. The predicted octanol–water partition coefficient (Wildman–Crippen LogP) is 1.77. The van der Waals surface area contributed by atoms with Crippen molar-refractivity contribution in [3.63, 3.8) is 0 Å². The van der Waals surface area contributed by atoms with Crippen molar-refractivity contribution in [2.24, 2.45) is 22.7 Å². The molecule has 0 aromatic carbocycles. The van der Waals surface area contributed by atoms with Crippen molar-refractivity contribution in [2.45, 2.75) is 39.2 Å². The zero-order chi connectivity index (χ0) is 13.8. The molecule has 0 saturated heterocycles. The fourth-order valence-corrected chi connectivity index (χ4v) is 2.70. The molecule has 1 aliphatic carbocycles. The van der Waals surface area contributed by atoms with Gasteiger partial charge in [0, 0.05) is 0 Å². The molecule has 0 spiro atoms. The Balaban J connectivity index is 1.99. The highest BCUT2D eigenvalue weighted by atomic mass is 16.5. The lowest BCUT2D eigenvalue weighted by Gasteiger charge is -2.31. The molecule has 0 radical (unpaired) electrons. The Morgan fingerprint density at radius 3 is 2.47 bits per heavy atom. The number of oxime groups is 1. The van der Waals surface area contributed by atoms with E-state index in [-0.39, 0.29) is 11.9 Å². The number of hydrogen-bond acceptors (Lipinski definition) is 5. The Morgan fingerprint density at radius 1 is 1.26 bits per heavy atom. The van der Waals surface area contributed by atoms with Crippen molar-refractivity contribution in [3.05, 3.63) is 18.1 Å². The van der Waals surface area contributed by atoms with E-state index in [2.05, 4.69) is 29.0 Å². The number of nitrogens with two attached hydrogens (primary N) is 1. The maximum atomic E-state index is 8.54. The zero-order valence-electron chi connectivity index (χ0n) is 11.3. The van der Waals surface area contributed by atoms with E-state index in [0.717, 1.165) is 12.8 Å². The monoisotopic (exact) mass is 264 g/mol. The first-order chi connectivity index (χ1) is 9.08. The third kappa shape index (κ3) is 3.56. The molecule has 6 heteroatoms. The molecule has 1 aliphatic rings. The summed E-state index contributed by atoms with van der Waals surface area (Å²) in [5.74, 6) is 1.79. The summed E-state index contributed by atoms with van der Waals surface area (Å²) in [5.41, 5.74) is 5.76. The molecule has 2 rings (SSSR count). The molecule has 19 heavy (non-hydrogen) atoms. The second kappa shape index (κ2) is 5.86. The SMILES string of the molecule is CC1CC(C)CC(Oc2cnc(C(N)=NO)cn2)C1. The normalized spacial score (nSPS) is 28.1. The van der Waals surface area contributed by atoms with Gasteiger partial charge in [-0.2, -0.15) is 0 Å². The Hall–Kier alpha value is -1.85. The summed E-state index contributed by atoms with van der Waals surface area (Å²) in [6, 6.07) is 0. The van der Waals surface area contributed by atoms with Crippen LogP contribution in [0.15, 0.2) is 17.5 Å². The van der Waals surface area contributed by atoms with Crippen LogP contribution >= 0.6 is 0 Å². The second-order valence-corrected chi connectivity index (χ2v) is 5.38. The maximum absolute atomic E-state index is 8.54. The third-order valence-electron chi connectivity index (χ3n) is 3.42. The van der Waals surface area contributed by atoms with Crippen LogP contribution in [-0.4, -0.2) is 27.1 Å². The lowest BCUT2D eigenvalue weighted by atomic mass is 9.82. The molecule has 1 aromatic heterocycles. The highest BCUT2D eigenvalue weighted by Gasteiger charge is 2.25. The summed E-state index contributed by atoms with van der Waals surface area (Å²) in [7, 11) is 0. The van der Waals surface area contributed by atoms with E-state index in [0.29, 0.717) is 23.4 Å². The Labute approximate surface area is 112 Å². The van der Waals surface area contributed by atoms with Crippen LogP contribution in [0.3, 0.4) is 0 Å². The van der Waals surface area contributed by atoms with E-state index >= 15 is 0 Å². The van der Waals surface area contributed by atoms with Gasteiger partial charge in [0.15, 0.2) is 5.84 Å². The maximum Gasteiger partial charge on any atom is 0.232 e. The summed E-state index contributed by atoms with van der Waals surface area (Å²) in [4.78, 5) is 8.18. The highest BCUT2D eigenvalue weighted by Crippen LogP contribution is 2.30. The summed E-state index contributed by atoms with van der Waals surface area (Å²) in [6.45, 7) is 4.50. The van der Waals surface area contributed by atoms with Gasteiger partial charge in [-0.05, 0) is 31.1 Å². The van der Waals surface area contributed by atoms with Gasteiger partial charge < -0.3 is 15.7 Å².